The maximum absolute atomic E-state index is 14.0. The Balaban J connectivity index is 2.66. The summed E-state index contributed by atoms with van der Waals surface area (Å²) in [7, 11) is -1.67. The van der Waals surface area contributed by atoms with E-state index in [0.717, 1.165) is 16.8 Å². The molecule has 1 nitrogen and oxygen atoms in total. The van der Waals surface area contributed by atoms with Crippen LogP contribution in [-0.2, 0) is 0 Å². The fourth-order valence-electron chi connectivity index (χ4n) is 2.31. The molecule has 0 aliphatic carbocycles. The van der Waals surface area contributed by atoms with Crippen LogP contribution in [0.1, 0.15) is 26.7 Å². The van der Waals surface area contributed by atoms with Crippen LogP contribution in [-0.4, -0.2) is 13.1 Å². The van der Waals surface area contributed by atoms with E-state index in [1.54, 1.807) is 12.3 Å². The second-order valence-electron chi connectivity index (χ2n) is 6.49. The van der Waals surface area contributed by atoms with Crippen molar-refractivity contribution in [2.75, 3.05) is 0 Å². The minimum atomic E-state index is -1.67. The average Bonchev–Trinajstić information content (AvgIpc) is 2.36. The van der Waals surface area contributed by atoms with E-state index < -0.39 is 25.6 Å². The zero-order chi connectivity index (χ0) is 16.7. The van der Waals surface area contributed by atoms with Crippen LogP contribution in [0.3, 0.4) is 0 Å². The van der Waals surface area contributed by atoms with E-state index in [2.05, 4.69) is 24.6 Å². The van der Waals surface area contributed by atoms with Gasteiger partial charge in [-0.15, -0.1) is 0 Å². The molecule has 0 spiro atoms. The normalized spacial score (nSPS) is 13.2. The first kappa shape index (κ1) is 14.4. The van der Waals surface area contributed by atoms with Gasteiger partial charge in [0.2, 0.25) is 0 Å². The molecular weight excluding hydrogens is 284 g/mol. The molecule has 0 saturated heterocycles. The zero-order valence-corrected chi connectivity index (χ0v) is 14.1. The Morgan fingerprint density at radius 2 is 1.81 bits per heavy atom. The van der Waals surface area contributed by atoms with Crippen LogP contribution in [0.5, 0.6) is 0 Å². The van der Waals surface area contributed by atoms with Crippen LogP contribution in [0.4, 0.5) is 8.78 Å². The van der Waals surface area contributed by atoms with Crippen LogP contribution in [0.25, 0.3) is 11.3 Å². The molecule has 0 radical (unpaired) electrons. The fourth-order valence-corrected chi connectivity index (χ4v) is 3.89. The molecule has 0 amide bonds. The van der Waals surface area contributed by atoms with E-state index in [0.29, 0.717) is 5.69 Å². The van der Waals surface area contributed by atoms with Gasteiger partial charge < -0.3 is 0 Å². The van der Waals surface area contributed by atoms with E-state index in [4.69, 9.17) is 1.37 Å². The van der Waals surface area contributed by atoms with Gasteiger partial charge in [0.15, 0.2) is 0 Å². The lowest BCUT2D eigenvalue weighted by Crippen LogP contribution is -2.40. The van der Waals surface area contributed by atoms with Crippen molar-refractivity contribution < 1.29 is 10.2 Å². The van der Waals surface area contributed by atoms with E-state index >= 15 is 0 Å². The van der Waals surface area contributed by atoms with Crippen LogP contribution < -0.4 is 5.19 Å². The number of rotatable bonds is 3. The Hall–Kier alpha value is -1.55. The predicted molar refractivity (Wildman–Crippen MR) is 86.7 cm³/mol. The monoisotopic (exact) mass is 306 g/mol. The Kier molecular flexibility index (Phi) is 3.89. The molecule has 0 aliphatic heterocycles. The molecule has 2 rings (SSSR count). The number of hydrogen-bond acceptors (Lipinski definition) is 1. The molecule has 0 bridgehead atoms. The minimum absolute atomic E-state index is 0.258. The van der Waals surface area contributed by atoms with Crippen molar-refractivity contribution in [1.82, 2.24) is 4.98 Å². The van der Waals surface area contributed by atoms with Crippen LogP contribution in [0.15, 0.2) is 30.5 Å². The van der Waals surface area contributed by atoms with Gasteiger partial charge in [0.25, 0.3) is 0 Å². The number of halogens is 2. The minimum Gasteiger partial charge on any atom is -0.256 e. The largest absolute Gasteiger partial charge is 0.256 e. The summed E-state index contributed by atoms with van der Waals surface area (Å²) < 4.78 is 35.4. The summed E-state index contributed by atoms with van der Waals surface area (Å²) in [4.78, 5) is 4.37. The van der Waals surface area contributed by atoms with Crippen LogP contribution in [0, 0.1) is 11.6 Å². The number of nitrogens with zero attached hydrogens (tertiary/aromatic N) is 1. The van der Waals surface area contributed by atoms with E-state index in [-0.39, 0.29) is 5.56 Å². The molecule has 2 aromatic rings. The SMILES string of the molecule is [2H]C(C)(C)c1cc(-c2ccc(F)cc2F)ncc1[Si](C)(C)C. The molecule has 0 unspecified atom stereocenters. The smallest absolute Gasteiger partial charge is 0.135 e. The van der Waals surface area contributed by atoms with E-state index in [1.807, 2.05) is 13.8 Å². The molecule has 1 heterocycles. The zero-order valence-electron chi connectivity index (χ0n) is 14.1. The van der Waals surface area contributed by atoms with Gasteiger partial charge in [-0.3, -0.25) is 4.98 Å². The van der Waals surface area contributed by atoms with Crippen molar-refractivity contribution in [2.24, 2.45) is 0 Å². The highest BCUT2D eigenvalue weighted by molar-refractivity contribution is 6.89. The average molecular weight is 306 g/mol. The van der Waals surface area contributed by atoms with Gasteiger partial charge in [0.05, 0.1) is 13.8 Å². The highest BCUT2D eigenvalue weighted by Crippen LogP contribution is 2.25. The van der Waals surface area contributed by atoms with E-state index in [9.17, 15) is 8.78 Å². The molecule has 112 valence electrons. The molecule has 0 aliphatic rings. The third-order valence-electron chi connectivity index (χ3n) is 3.46. The summed E-state index contributed by atoms with van der Waals surface area (Å²) in [6.45, 7) is 10.2. The molecule has 0 N–H and O–H groups in total. The van der Waals surface area contributed by atoms with Crippen LogP contribution >= 0.6 is 0 Å². The van der Waals surface area contributed by atoms with Crippen molar-refractivity contribution in [2.45, 2.75) is 39.4 Å². The lowest BCUT2D eigenvalue weighted by atomic mass is 10.0. The second-order valence-corrected chi connectivity index (χ2v) is 11.5. The Bertz CT molecular complexity index is 703. The van der Waals surface area contributed by atoms with Gasteiger partial charge in [0, 0.05) is 19.2 Å². The van der Waals surface area contributed by atoms with Gasteiger partial charge in [0.1, 0.15) is 11.6 Å². The predicted octanol–water partition coefficient (Wildman–Crippen LogP) is 4.70. The summed E-state index contributed by atoms with van der Waals surface area (Å²) in [5, 5.41) is 1.10. The maximum atomic E-state index is 14.0. The lowest BCUT2D eigenvalue weighted by molar-refractivity contribution is 0.585. The Labute approximate surface area is 127 Å². The van der Waals surface area contributed by atoms with Gasteiger partial charge in [-0.05, 0) is 34.8 Å². The number of hydrogen-bond donors (Lipinski definition) is 0. The molecular formula is C17H21F2NSi. The van der Waals surface area contributed by atoms with Gasteiger partial charge in [-0.1, -0.05) is 33.5 Å². The third-order valence-corrected chi connectivity index (χ3v) is 5.47. The molecule has 1 aromatic carbocycles. The second kappa shape index (κ2) is 5.68. The van der Waals surface area contributed by atoms with Crippen molar-refractivity contribution in [3.05, 3.63) is 47.7 Å². The Morgan fingerprint density at radius 1 is 1.14 bits per heavy atom. The molecule has 21 heavy (non-hydrogen) atoms. The summed E-state index contributed by atoms with van der Waals surface area (Å²) >= 11 is 0. The first-order chi connectivity index (χ1) is 10.00. The first-order valence-electron chi connectivity index (χ1n) is 7.46. The van der Waals surface area contributed by atoms with E-state index in [1.165, 1.54) is 12.1 Å². The van der Waals surface area contributed by atoms with Gasteiger partial charge >= 0.3 is 0 Å². The molecule has 0 saturated carbocycles. The highest BCUT2D eigenvalue weighted by atomic mass is 28.3. The van der Waals surface area contributed by atoms with Crippen molar-refractivity contribution in [3.63, 3.8) is 0 Å². The summed E-state index contributed by atoms with van der Waals surface area (Å²) in [6, 6.07) is 5.24. The van der Waals surface area contributed by atoms with Crippen LogP contribution in [0.2, 0.25) is 19.6 Å². The standard InChI is InChI=1S/C17H21F2NSi/c1-11(2)14-9-16(20-10-17(14)21(3,4)5)13-7-6-12(18)8-15(13)19/h6-11H,1-5H3/i11D. The third kappa shape index (κ3) is 3.38. The first-order valence-corrected chi connectivity index (χ1v) is 10.5. The fraction of sp³-hybridized carbons (Fsp3) is 0.353. The molecule has 0 atom stereocenters. The van der Waals surface area contributed by atoms with Gasteiger partial charge in [-0.2, -0.15) is 0 Å². The summed E-state index contributed by atoms with van der Waals surface area (Å²) in [5.41, 5.74) is 1.56. The Morgan fingerprint density at radius 3 is 2.33 bits per heavy atom. The lowest BCUT2D eigenvalue weighted by Gasteiger charge is -2.23. The quantitative estimate of drug-likeness (QED) is 0.749. The molecule has 0 fully saturated rings. The molecule has 4 heteroatoms. The van der Waals surface area contributed by atoms with Crippen molar-refractivity contribution >= 4 is 13.3 Å². The maximum Gasteiger partial charge on any atom is 0.135 e. The number of benzene rings is 1. The summed E-state index contributed by atoms with van der Waals surface area (Å²) in [6.07, 6.45) is 1.76. The number of pyridine rings is 1. The highest BCUT2D eigenvalue weighted by Gasteiger charge is 2.23. The van der Waals surface area contributed by atoms with Gasteiger partial charge in [-0.25, -0.2) is 8.78 Å². The van der Waals surface area contributed by atoms with Crippen molar-refractivity contribution in [1.29, 1.82) is 0 Å². The number of aromatic nitrogens is 1. The molecule has 1 aromatic heterocycles. The van der Waals surface area contributed by atoms with Crippen molar-refractivity contribution in [3.8, 4) is 11.3 Å². The topological polar surface area (TPSA) is 12.9 Å². The summed E-state index contributed by atoms with van der Waals surface area (Å²) in [5.74, 6) is -2.05.